The van der Waals surface area contributed by atoms with Gasteiger partial charge in [0.25, 0.3) is 0 Å². The summed E-state index contributed by atoms with van der Waals surface area (Å²) >= 11 is 0. The molecule has 5 heteroatoms. The lowest BCUT2D eigenvalue weighted by Gasteiger charge is -2.34. The number of hydrogen-bond donors (Lipinski definition) is 0. The maximum Gasteiger partial charge on any atom is 0.242 e. The summed E-state index contributed by atoms with van der Waals surface area (Å²) in [5.41, 5.74) is 6.59. The topological polar surface area (TPSA) is 35.5 Å². The third kappa shape index (κ3) is 7.80. The molecule has 3 rings (SSSR count). The smallest absolute Gasteiger partial charge is 0.242 e. The van der Waals surface area contributed by atoms with Gasteiger partial charge < -0.3 is 8.85 Å². The van der Waals surface area contributed by atoms with Crippen molar-refractivity contribution in [3.63, 3.8) is 0 Å². The summed E-state index contributed by atoms with van der Waals surface area (Å²) in [6, 6.07) is 9.13. The van der Waals surface area contributed by atoms with E-state index < -0.39 is 16.6 Å². The lowest BCUT2D eigenvalue weighted by Crippen LogP contribution is -2.33. The molecule has 2 unspecified atom stereocenters. The van der Waals surface area contributed by atoms with Crippen LogP contribution in [-0.4, -0.2) is 22.4 Å². The highest BCUT2D eigenvalue weighted by molar-refractivity contribution is 6.70. The molecule has 42 heavy (non-hydrogen) atoms. The molecule has 0 spiro atoms. The highest BCUT2D eigenvalue weighted by atomic mass is 28.4. The molecule has 0 amide bonds. The Kier molecular flexibility index (Phi) is 8.78. The second-order valence-electron chi connectivity index (χ2n) is 18.7. The van der Waals surface area contributed by atoms with Crippen LogP contribution >= 0.6 is 0 Å². The van der Waals surface area contributed by atoms with Gasteiger partial charge in [-0.15, -0.1) is 0 Å². The molecule has 0 heterocycles. The normalized spacial score (nSPS) is 18.8. The van der Waals surface area contributed by atoms with Crippen LogP contribution in [0.1, 0.15) is 128 Å². The standard InChI is InChI=1S/C37H60O3Si2/c1-34(2,3)25-19-23(20-26(35(4,5)6)32(25)39-41(13,14)15)29-30(31(29)38)24-21-27(36(7,8)9)33(40-42(16,17)18)28(22-24)37(10,11)12/h19-22,29-30H,1-18H3. The van der Waals surface area contributed by atoms with Gasteiger partial charge in [-0.05, 0) is 94.3 Å². The fourth-order valence-corrected chi connectivity index (χ4v) is 7.34. The minimum absolute atomic E-state index is 0.118. The molecule has 1 saturated carbocycles. The molecule has 0 saturated heterocycles. The first-order valence-corrected chi connectivity index (χ1v) is 22.6. The van der Waals surface area contributed by atoms with Crippen LogP contribution in [0.25, 0.3) is 0 Å². The Morgan fingerprint density at radius 2 is 0.690 bits per heavy atom. The van der Waals surface area contributed by atoms with Crippen molar-refractivity contribution in [2.45, 2.75) is 156 Å². The Balaban J connectivity index is 2.28. The van der Waals surface area contributed by atoms with Crippen molar-refractivity contribution in [1.29, 1.82) is 0 Å². The van der Waals surface area contributed by atoms with E-state index in [1.54, 1.807) is 0 Å². The second kappa shape index (κ2) is 10.6. The largest absolute Gasteiger partial charge is 0.544 e. The molecule has 0 aliphatic heterocycles. The van der Waals surface area contributed by atoms with E-state index in [-0.39, 0.29) is 33.5 Å². The van der Waals surface area contributed by atoms with Gasteiger partial charge in [-0.25, -0.2) is 0 Å². The van der Waals surface area contributed by atoms with Crippen LogP contribution in [0.2, 0.25) is 39.3 Å². The summed E-state index contributed by atoms with van der Waals surface area (Å²) < 4.78 is 13.6. The van der Waals surface area contributed by atoms with E-state index in [0.717, 1.165) is 22.6 Å². The van der Waals surface area contributed by atoms with Gasteiger partial charge >= 0.3 is 0 Å². The summed E-state index contributed by atoms with van der Waals surface area (Å²) in [5.74, 6) is 2.09. The van der Waals surface area contributed by atoms with E-state index in [0.29, 0.717) is 5.78 Å². The zero-order valence-corrected chi connectivity index (χ0v) is 32.2. The van der Waals surface area contributed by atoms with Crippen LogP contribution in [0, 0.1) is 0 Å². The molecule has 0 bridgehead atoms. The Labute approximate surface area is 260 Å². The summed E-state index contributed by atoms with van der Waals surface area (Å²) in [4.78, 5) is 13.8. The first-order valence-electron chi connectivity index (χ1n) is 15.8. The number of Topliss-reactive ketones (excluding diaryl/α,β-unsaturated/α-hetero) is 1. The van der Waals surface area contributed by atoms with Crippen LogP contribution in [0.4, 0.5) is 0 Å². The molecule has 3 nitrogen and oxygen atoms in total. The third-order valence-electron chi connectivity index (χ3n) is 7.83. The van der Waals surface area contributed by atoms with Crippen molar-refractivity contribution < 1.29 is 13.6 Å². The van der Waals surface area contributed by atoms with Crippen molar-refractivity contribution in [1.82, 2.24) is 0 Å². The van der Waals surface area contributed by atoms with E-state index in [9.17, 15) is 4.79 Å². The summed E-state index contributed by atoms with van der Waals surface area (Å²) in [5, 5.41) is 0. The van der Waals surface area contributed by atoms with Crippen LogP contribution in [-0.2, 0) is 26.5 Å². The lowest BCUT2D eigenvalue weighted by molar-refractivity contribution is -0.110. The number of ketones is 1. The zero-order chi connectivity index (χ0) is 32.6. The van der Waals surface area contributed by atoms with Gasteiger partial charge in [0, 0.05) is 0 Å². The minimum Gasteiger partial charge on any atom is -0.544 e. The quantitative estimate of drug-likeness (QED) is 0.306. The molecule has 0 aromatic heterocycles. The molecule has 0 N–H and O–H groups in total. The monoisotopic (exact) mass is 608 g/mol. The van der Waals surface area contributed by atoms with Crippen LogP contribution in [0.5, 0.6) is 11.5 Å². The van der Waals surface area contributed by atoms with Gasteiger partial charge in [-0.1, -0.05) is 107 Å². The fourth-order valence-electron chi connectivity index (χ4n) is 5.68. The van der Waals surface area contributed by atoms with Gasteiger partial charge in [-0.3, -0.25) is 4.79 Å². The first-order chi connectivity index (χ1) is 18.5. The third-order valence-corrected chi connectivity index (χ3v) is 9.46. The van der Waals surface area contributed by atoms with Gasteiger partial charge in [0.2, 0.25) is 16.6 Å². The maximum absolute atomic E-state index is 13.8. The predicted molar refractivity (Wildman–Crippen MR) is 186 cm³/mol. The van der Waals surface area contributed by atoms with E-state index in [4.69, 9.17) is 8.85 Å². The summed E-state index contributed by atoms with van der Waals surface area (Å²) in [6.07, 6.45) is 0. The number of carbonyl (C=O) groups is 1. The Hall–Kier alpha value is -1.86. The van der Waals surface area contributed by atoms with Gasteiger partial charge in [0.1, 0.15) is 17.3 Å². The second-order valence-corrected chi connectivity index (χ2v) is 27.5. The average Bonchev–Trinajstić information content (AvgIpc) is 3.39. The average molecular weight is 609 g/mol. The molecule has 1 fully saturated rings. The predicted octanol–water partition coefficient (Wildman–Crippen LogP) is 10.8. The van der Waals surface area contributed by atoms with E-state index in [2.05, 4.69) is 147 Å². The molecule has 2 aromatic rings. The van der Waals surface area contributed by atoms with Gasteiger partial charge in [0.15, 0.2) is 0 Å². The zero-order valence-electron chi connectivity index (χ0n) is 30.2. The number of rotatable bonds is 6. The molecule has 1 aliphatic rings. The Morgan fingerprint density at radius 3 is 0.857 bits per heavy atom. The summed E-state index contributed by atoms with van der Waals surface area (Å²) in [7, 11) is -3.75. The van der Waals surface area contributed by atoms with Crippen molar-refractivity contribution in [2.75, 3.05) is 0 Å². The van der Waals surface area contributed by atoms with E-state index >= 15 is 0 Å². The maximum atomic E-state index is 13.8. The van der Waals surface area contributed by atoms with Crippen LogP contribution in [0.15, 0.2) is 24.3 Å². The molecular formula is C37H60O3Si2. The lowest BCUT2D eigenvalue weighted by atomic mass is 9.77. The van der Waals surface area contributed by atoms with E-state index in [1.807, 2.05) is 0 Å². The SMILES string of the molecule is CC(C)(C)c1cc(C2C(=O)C2c2cc(C(C)(C)C)c(O[Si](C)(C)C)c(C(C)(C)C)c2)cc(C(C)(C)C)c1O[Si](C)(C)C. The molecule has 2 aromatic carbocycles. The molecule has 0 radical (unpaired) electrons. The minimum atomic E-state index is -1.87. The van der Waals surface area contributed by atoms with Gasteiger partial charge in [0.05, 0.1) is 11.8 Å². The Morgan fingerprint density at radius 1 is 0.476 bits per heavy atom. The summed E-state index contributed by atoms with van der Waals surface area (Å²) in [6.45, 7) is 40.5. The number of hydrogen-bond acceptors (Lipinski definition) is 3. The fraction of sp³-hybridized carbons (Fsp3) is 0.649. The van der Waals surface area contributed by atoms with Crippen molar-refractivity contribution in [3.8, 4) is 11.5 Å². The van der Waals surface area contributed by atoms with Crippen molar-refractivity contribution >= 4 is 22.4 Å². The highest BCUT2D eigenvalue weighted by Gasteiger charge is 2.52. The van der Waals surface area contributed by atoms with Gasteiger partial charge in [-0.2, -0.15) is 0 Å². The molecule has 2 atom stereocenters. The number of benzene rings is 2. The number of carbonyl (C=O) groups excluding carboxylic acids is 1. The molecular weight excluding hydrogens is 549 g/mol. The molecule has 234 valence electrons. The van der Waals surface area contributed by atoms with Crippen LogP contribution in [0.3, 0.4) is 0 Å². The van der Waals surface area contributed by atoms with Crippen molar-refractivity contribution in [2.24, 2.45) is 0 Å². The van der Waals surface area contributed by atoms with Crippen molar-refractivity contribution in [3.05, 3.63) is 57.6 Å². The van der Waals surface area contributed by atoms with Crippen LogP contribution < -0.4 is 8.85 Å². The first kappa shape index (κ1) is 34.6. The highest BCUT2D eigenvalue weighted by Crippen LogP contribution is 2.55. The Bertz CT molecular complexity index is 1170. The van der Waals surface area contributed by atoms with E-state index in [1.165, 1.54) is 22.3 Å². The molecule has 1 aliphatic carbocycles.